The van der Waals surface area contributed by atoms with E-state index in [0.29, 0.717) is 5.92 Å². The molecule has 0 unspecified atom stereocenters. The van der Waals surface area contributed by atoms with Crippen molar-refractivity contribution in [3.63, 3.8) is 0 Å². The first-order valence-corrected chi connectivity index (χ1v) is 8.64. The smallest absolute Gasteiger partial charge is 0.289 e. The second kappa shape index (κ2) is 6.19. The summed E-state index contributed by atoms with van der Waals surface area (Å²) in [5, 5.41) is -0.237. The maximum absolute atomic E-state index is 12.4. The highest BCUT2D eigenvalue weighted by molar-refractivity contribution is 7.89. The number of nitrogens with zero attached hydrogens (tertiary/aromatic N) is 1. The maximum Gasteiger partial charge on any atom is 0.289 e. The van der Waals surface area contributed by atoms with Crippen LogP contribution in [0.25, 0.3) is 0 Å². The minimum Gasteiger partial charge on any atom is -0.438 e. The molecular formula is C14H22N2O4S. The molecule has 0 aromatic carbocycles. The molecule has 118 valence electrons. The predicted molar refractivity (Wildman–Crippen MR) is 78.5 cm³/mol. The Morgan fingerprint density at radius 1 is 1.38 bits per heavy atom. The van der Waals surface area contributed by atoms with Gasteiger partial charge in [0.05, 0.1) is 0 Å². The molecule has 0 radical (unpaired) electrons. The number of hydrogen-bond acceptors (Lipinski definition) is 4. The van der Waals surface area contributed by atoms with Crippen LogP contribution in [0.5, 0.6) is 0 Å². The van der Waals surface area contributed by atoms with Gasteiger partial charge in [-0.2, -0.15) is 0 Å². The quantitative estimate of drug-likeness (QED) is 0.919. The molecule has 6 nitrogen and oxygen atoms in total. The normalized spacial score (nSPS) is 23.0. The first-order valence-electron chi connectivity index (χ1n) is 7.15. The molecule has 1 amide bonds. The summed E-state index contributed by atoms with van der Waals surface area (Å²) in [5.41, 5.74) is 0. The number of nitrogens with one attached hydrogen (secondary N) is 1. The van der Waals surface area contributed by atoms with Gasteiger partial charge in [0.1, 0.15) is 0 Å². The monoisotopic (exact) mass is 314 g/mol. The predicted octanol–water partition coefficient (Wildman–Crippen LogP) is 1.84. The van der Waals surface area contributed by atoms with Crippen molar-refractivity contribution in [2.45, 2.75) is 43.7 Å². The van der Waals surface area contributed by atoms with E-state index in [2.05, 4.69) is 11.6 Å². The zero-order chi connectivity index (χ0) is 15.6. The Balaban J connectivity index is 2.13. The summed E-state index contributed by atoms with van der Waals surface area (Å²) in [6.07, 6.45) is 4.27. The Labute approximate surface area is 125 Å². The molecule has 1 aromatic rings. The summed E-state index contributed by atoms with van der Waals surface area (Å²) >= 11 is 0. The number of carbonyl (C=O) groups is 1. The van der Waals surface area contributed by atoms with Crippen LogP contribution in [0.4, 0.5) is 0 Å². The van der Waals surface area contributed by atoms with Gasteiger partial charge in [-0.3, -0.25) is 4.79 Å². The van der Waals surface area contributed by atoms with Gasteiger partial charge in [0.25, 0.3) is 15.9 Å². The third-order valence-electron chi connectivity index (χ3n) is 4.10. The minimum atomic E-state index is -3.66. The lowest BCUT2D eigenvalue weighted by Crippen LogP contribution is -2.39. The number of sulfonamides is 1. The van der Waals surface area contributed by atoms with E-state index in [4.69, 9.17) is 4.42 Å². The lowest BCUT2D eigenvalue weighted by atomic mass is 9.86. The van der Waals surface area contributed by atoms with Gasteiger partial charge in [0.15, 0.2) is 5.76 Å². The van der Waals surface area contributed by atoms with Crippen molar-refractivity contribution in [1.82, 2.24) is 9.62 Å². The molecule has 2 atom stereocenters. The van der Waals surface area contributed by atoms with E-state index in [1.165, 1.54) is 25.6 Å². The Morgan fingerprint density at radius 3 is 2.71 bits per heavy atom. The average Bonchev–Trinajstić information content (AvgIpc) is 2.96. The molecule has 0 aliphatic heterocycles. The van der Waals surface area contributed by atoms with Crippen molar-refractivity contribution in [3.05, 3.63) is 17.9 Å². The van der Waals surface area contributed by atoms with E-state index in [-0.39, 0.29) is 22.8 Å². The van der Waals surface area contributed by atoms with Crippen LogP contribution in [0.15, 0.2) is 21.6 Å². The fourth-order valence-corrected chi connectivity index (χ4v) is 3.42. The number of rotatable bonds is 4. The van der Waals surface area contributed by atoms with Crippen LogP contribution in [0, 0.1) is 5.92 Å². The van der Waals surface area contributed by atoms with Crippen LogP contribution in [0.2, 0.25) is 0 Å². The molecule has 1 aromatic heterocycles. The molecule has 1 aliphatic rings. The van der Waals surface area contributed by atoms with Crippen molar-refractivity contribution in [3.8, 4) is 0 Å². The molecule has 0 spiro atoms. The number of amides is 1. The van der Waals surface area contributed by atoms with Crippen LogP contribution < -0.4 is 4.72 Å². The number of carbonyl (C=O) groups excluding carboxylic acids is 1. The Hall–Kier alpha value is -1.34. The Morgan fingerprint density at radius 2 is 2.10 bits per heavy atom. The molecule has 21 heavy (non-hydrogen) atoms. The van der Waals surface area contributed by atoms with Crippen LogP contribution in [0.1, 0.15) is 43.2 Å². The third-order valence-corrected chi connectivity index (χ3v) is 5.39. The lowest BCUT2D eigenvalue weighted by Gasteiger charge is -2.33. The fraction of sp³-hybridized carbons (Fsp3) is 0.643. The van der Waals surface area contributed by atoms with E-state index in [9.17, 15) is 13.2 Å². The summed E-state index contributed by atoms with van der Waals surface area (Å²) < 4.78 is 30.6. The zero-order valence-electron chi connectivity index (χ0n) is 12.6. The summed E-state index contributed by atoms with van der Waals surface area (Å²) in [6.45, 7) is 2.19. The summed E-state index contributed by atoms with van der Waals surface area (Å²) in [6, 6.07) is 2.90. The third kappa shape index (κ3) is 3.47. The minimum absolute atomic E-state index is 0.0598. The second-order valence-corrected chi connectivity index (χ2v) is 7.49. The molecule has 1 saturated carbocycles. The van der Waals surface area contributed by atoms with E-state index >= 15 is 0 Å². The Bertz CT molecular complexity index is 608. The summed E-state index contributed by atoms with van der Waals surface area (Å²) in [5.74, 6) is 0.395. The van der Waals surface area contributed by atoms with Crippen molar-refractivity contribution < 1.29 is 17.6 Å². The molecule has 1 heterocycles. The van der Waals surface area contributed by atoms with Crippen LogP contribution >= 0.6 is 0 Å². The standard InChI is InChI=1S/C14H22N2O4S/c1-10-5-4-6-11(9-10)16(3)14(17)12-7-8-13(20-12)21(18,19)15-2/h7-8,10-11,15H,4-6,9H2,1-3H3/t10-,11-/m1/s1. The van der Waals surface area contributed by atoms with Crippen LogP contribution in [0.3, 0.4) is 0 Å². The van der Waals surface area contributed by atoms with Gasteiger partial charge in [-0.1, -0.05) is 19.8 Å². The van der Waals surface area contributed by atoms with Gasteiger partial charge < -0.3 is 9.32 Å². The second-order valence-electron chi connectivity index (χ2n) is 5.67. The van der Waals surface area contributed by atoms with Crippen LogP contribution in [-0.4, -0.2) is 39.4 Å². The fourth-order valence-electron chi connectivity index (χ4n) is 2.77. The molecule has 7 heteroatoms. The average molecular weight is 314 g/mol. The first-order chi connectivity index (χ1) is 9.85. The van der Waals surface area contributed by atoms with E-state index in [0.717, 1.165) is 19.3 Å². The summed E-state index contributed by atoms with van der Waals surface area (Å²) in [7, 11) is -0.607. The Kier molecular flexibility index (Phi) is 4.73. The lowest BCUT2D eigenvalue weighted by molar-refractivity contribution is 0.0635. The maximum atomic E-state index is 12.4. The van der Waals surface area contributed by atoms with Gasteiger partial charge in [-0.25, -0.2) is 13.1 Å². The first kappa shape index (κ1) is 16.0. The van der Waals surface area contributed by atoms with Crippen molar-refractivity contribution >= 4 is 15.9 Å². The highest BCUT2D eigenvalue weighted by Gasteiger charge is 2.28. The van der Waals surface area contributed by atoms with Gasteiger partial charge in [-0.05, 0) is 37.9 Å². The highest BCUT2D eigenvalue weighted by Crippen LogP contribution is 2.27. The molecule has 2 rings (SSSR count). The molecule has 0 saturated heterocycles. The number of hydrogen-bond donors (Lipinski definition) is 1. The van der Waals surface area contributed by atoms with Crippen molar-refractivity contribution in [2.75, 3.05) is 14.1 Å². The summed E-state index contributed by atoms with van der Waals surface area (Å²) in [4.78, 5) is 14.1. The SMILES string of the molecule is CNS(=O)(=O)c1ccc(C(=O)N(C)[C@@H]2CCC[C@@H](C)C2)o1. The van der Waals surface area contributed by atoms with E-state index in [1.807, 2.05) is 0 Å². The van der Waals surface area contributed by atoms with Crippen molar-refractivity contribution in [1.29, 1.82) is 0 Å². The van der Waals surface area contributed by atoms with Gasteiger partial charge >= 0.3 is 0 Å². The molecular weight excluding hydrogens is 292 g/mol. The largest absolute Gasteiger partial charge is 0.438 e. The molecule has 0 bridgehead atoms. The van der Waals surface area contributed by atoms with E-state index in [1.54, 1.807) is 11.9 Å². The van der Waals surface area contributed by atoms with Crippen molar-refractivity contribution in [2.24, 2.45) is 5.92 Å². The van der Waals surface area contributed by atoms with Crippen LogP contribution in [-0.2, 0) is 10.0 Å². The molecule has 1 N–H and O–H groups in total. The topological polar surface area (TPSA) is 79.6 Å². The van der Waals surface area contributed by atoms with E-state index < -0.39 is 10.0 Å². The molecule has 1 fully saturated rings. The highest BCUT2D eigenvalue weighted by atomic mass is 32.2. The number of furan rings is 1. The molecule has 1 aliphatic carbocycles. The van der Waals surface area contributed by atoms with Gasteiger partial charge in [0.2, 0.25) is 5.09 Å². The zero-order valence-corrected chi connectivity index (χ0v) is 13.4. The van der Waals surface area contributed by atoms with Gasteiger partial charge in [0, 0.05) is 13.1 Å². The van der Waals surface area contributed by atoms with Gasteiger partial charge in [-0.15, -0.1) is 0 Å².